The maximum Gasteiger partial charge on any atom is 0.238 e. The quantitative estimate of drug-likeness (QED) is 0.214. The van der Waals surface area contributed by atoms with Gasteiger partial charge >= 0.3 is 0 Å². The van der Waals surface area contributed by atoms with Crippen LogP contribution in [-0.2, 0) is 21.3 Å². The van der Waals surface area contributed by atoms with Crippen LogP contribution in [0.5, 0.6) is 0 Å². The Hall–Kier alpha value is -0.910. The van der Waals surface area contributed by atoms with Crippen LogP contribution < -0.4 is 15.8 Å². The average molecular weight is 484 g/mol. The molecule has 0 aromatic heterocycles. The largest absolute Gasteiger partial charge is 0.380 e. The van der Waals surface area contributed by atoms with Crippen LogP contribution in [-0.4, -0.2) is 41.2 Å². The fourth-order valence-electron chi connectivity index (χ4n) is 1.87. The maximum atomic E-state index is 11.2. The van der Waals surface area contributed by atoms with Crippen LogP contribution in [0.4, 0.5) is 0 Å². The summed E-state index contributed by atoms with van der Waals surface area (Å²) < 4.78 is 27.9. The lowest BCUT2D eigenvalue weighted by atomic mass is 10.1. The number of sulfonamides is 1. The molecule has 7 nitrogen and oxygen atoms in total. The van der Waals surface area contributed by atoms with E-state index in [0.717, 1.165) is 18.6 Å². The summed E-state index contributed by atoms with van der Waals surface area (Å²) in [5, 5.41) is 11.4. The summed E-state index contributed by atoms with van der Waals surface area (Å²) in [5.74, 6) is 1.31. The minimum Gasteiger partial charge on any atom is -0.380 e. The van der Waals surface area contributed by atoms with Crippen molar-refractivity contribution in [2.24, 2.45) is 16.0 Å². The summed E-state index contributed by atoms with van der Waals surface area (Å²) in [6, 6.07) is 6.42. The van der Waals surface area contributed by atoms with Crippen LogP contribution in [0, 0.1) is 5.92 Å². The van der Waals surface area contributed by atoms with E-state index in [9.17, 15) is 8.42 Å². The van der Waals surface area contributed by atoms with Crippen LogP contribution in [0.15, 0.2) is 34.2 Å². The molecule has 0 saturated heterocycles. The molecule has 0 radical (unpaired) electrons. The van der Waals surface area contributed by atoms with Gasteiger partial charge in [0, 0.05) is 26.7 Å². The zero-order valence-electron chi connectivity index (χ0n) is 15.0. The first kappa shape index (κ1) is 24.1. The number of ether oxygens (including phenoxy) is 1. The second-order valence-electron chi connectivity index (χ2n) is 5.84. The van der Waals surface area contributed by atoms with E-state index in [1.165, 1.54) is 12.1 Å². The number of rotatable bonds is 9. The van der Waals surface area contributed by atoms with Crippen LogP contribution in [0.3, 0.4) is 0 Å². The fraction of sp³-hybridized carbons (Fsp3) is 0.562. The van der Waals surface area contributed by atoms with Gasteiger partial charge in [0.2, 0.25) is 10.0 Å². The van der Waals surface area contributed by atoms with E-state index in [1.807, 2.05) is 0 Å². The topological polar surface area (TPSA) is 106 Å². The summed E-state index contributed by atoms with van der Waals surface area (Å²) >= 11 is 0. The van der Waals surface area contributed by atoms with Crippen LogP contribution >= 0.6 is 24.0 Å². The molecule has 0 bridgehead atoms. The van der Waals surface area contributed by atoms with E-state index in [1.54, 1.807) is 19.2 Å². The van der Waals surface area contributed by atoms with Gasteiger partial charge < -0.3 is 15.4 Å². The van der Waals surface area contributed by atoms with Crippen LogP contribution in [0.2, 0.25) is 0 Å². The number of nitrogens with one attached hydrogen (secondary N) is 2. The van der Waals surface area contributed by atoms with Gasteiger partial charge in [0.05, 0.1) is 11.5 Å². The summed E-state index contributed by atoms with van der Waals surface area (Å²) in [6.07, 6.45) is 1.06. The van der Waals surface area contributed by atoms with Gasteiger partial charge in [0.1, 0.15) is 0 Å². The number of nitrogens with zero attached hydrogens (tertiary/aromatic N) is 1. The zero-order valence-corrected chi connectivity index (χ0v) is 18.1. The van der Waals surface area contributed by atoms with Crippen molar-refractivity contribution >= 4 is 40.0 Å². The molecule has 0 spiro atoms. The first-order chi connectivity index (χ1) is 11.3. The number of halogens is 1. The third kappa shape index (κ3) is 10.6. The molecule has 0 aliphatic carbocycles. The van der Waals surface area contributed by atoms with Crippen molar-refractivity contribution in [3.8, 4) is 0 Å². The zero-order chi connectivity index (χ0) is 18.0. The molecule has 1 rings (SSSR count). The first-order valence-electron chi connectivity index (χ1n) is 7.97. The van der Waals surface area contributed by atoms with Gasteiger partial charge in [-0.2, -0.15) is 0 Å². The van der Waals surface area contributed by atoms with E-state index in [4.69, 9.17) is 9.88 Å². The Labute approximate surface area is 167 Å². The van der Waals surface area contributed by atoms with Gasteiger partial charge in [-0.15, -0.1) is 24.0 Å². The summed E-state index contributed by atoms with van der Waals surface area (Å²) in [6.45, 7) is 6.92. The summed E-state index contributed by atoms with van der Waals surface area (Å²) in [4.78, 5) is 4.23. The Kier molecular flexibility index (Phi) is 12.0. The Morgan fingerprint density at radius 3 is 2.36 bits per heavy atom. The van der Waals surface area contributed by atoms with Crippen molar-refractivity contribution in [1.82, 2.24) is 10.6 Å². The van der Waals surface area contributed by atoms with Gasteiger partial charge in [-0.05, 0) is 30.0 Å². The predicted molar refractivity (Wildman–Crippen MR) is 112 cm³/mol. The van der Waals surface area contributed by atoms with Crippen molar-refractivity contribution in [2.75, 3.05) is 26.8 Å². The highest BCUT2D eigenvalue weighted by molar-refractivity contribution is 14.0. The number of aliphatic imine (C=N–C) groups is 1. The third-order valence-electron chi connectivity index (χ3n) is 3.31. The Morgan fingerprint density at radius 1 is 1.20 bits per heavy atom. The number of guanidine groups is 1. The molecule has 0 heterocycles. The van der Waals surface area contributed by atoms with Crippen molar-refractivity contribution < 1.29 is 13.2 Å². The normalized spacial score (nSPS) is 12.0. The van der Waals surface area contributed by atoms with Gasteiger partial charge in [0.25, 0.3) is 0 Å². The molecule has 0 atom stereocenters. The van der Waals surface area contributed by atoms with Crippen molar-refractivity contribution in [3.63, 3.8) is 0 Å². The van der Waals surface area contributed by atoms with Crippen LogP contribution in [0.25, 0.3) is 0 Å². The molecule has 0 unspecified atom stereocenters. The monoisotopic (exact) mass is 484 g/mol. The molecule has 0 saturated carbocycles. The van der Waals surface area contributed by atoms with E-state index < -0.39 is 10.0 Å². The maximum absolute atomic E-state index is 11.2. The number of hydrogen-bond acceptors (Lipinski definition) is 4. The van der Waals surface area contributed by atoms with Crippen molar-refractivity contribution in [3.05, 3.63) is 29.8 Å². The molecule has 4 N–H and O–H groups in total. The molecule has 144 valence electrons. The summed E-state index contributed by atoms with van der Waals surface area (Å²) in [5.41, 5.74) is 0.929. The fourth-order valence-corrected chi connectivity index (χ4v) is 2.38. The number of primary sulfonamides is 1. The molecule has 0 aliphatic heterocycles. The Bertz CT molecular complexity index is 619. The molecule has 1 aromatic rings. The lowest BCUT2D eigenvalue weighted by molar-refractivity contribution is 0.128. The average Bonchev–Trinajstić information content (AvgIpc) is 2.52. The smallest absolute Gasteiger partial charge is 0.238 e. The van der Waals surface area contributed by atoms with Gasteiger partial charge in [-0.1, -0.05) is 26.0 Å². The molecule has 9 heteroatoms. The SMILES string of the molecule is CN=C(NCCOCCC(C)C)NCc1ccc(S(N)(=O)=O)cc1.I. The first-order valence-corrected chi connectivity index (χ1v) is 9.51. The van der Waals surface area contributed by atoms with Crippen molar-refractivity contribution in [1.29, 1.82) is 0 Å². The Morgan fingerprint density at radius 2 is 1.84 bits per heavy atom. The second kappa shape index (κ2) is 12.4. The Balaban J connectivity index is 0.00000576. The number of hydrogen-bond donors (Lipinski definition) is 3. The highest BCUT2D eigenvalue weighted by Gasteiger charge is 2.06. The molecular weight excluding hydrogens is 455 g/mol. The molecule has 1 aromatic carbocycles. The van der Waals surface area contributed by atoms with E-state index in [-0.39, 0.29) is 28.9 Å². The van der Waals surface area contributed by atoms with E-state index in [2.05, 4.69) is 29.5 Å². The molecule has 25 heavy (non-hydrogen) atoms. The van der Waals surface area contributed by atoms with Crippen molar-refractivity contribution in [2.45, 2.75) is 31.7 Å². The summed E-state index contributed by atoms with van der Waals surface area (Å²) in [7, 11) is -1.96. The van der Waals surface area contributed by atoms with Gasteiger partial charge in [-0.25, -0.2) is 13.6 Å². The predicted octanol–water partition coefficient (Wildman–Crippen LogP) is 1.68. The standard InChI is InChI=1S/C16H28N4O3S.HI/c1-13(2)8-10-23-11-9-19-16(18-3)20-12-14-4-6-15(7-5-14)24(17,21)22;/h4-7,13H,8-12H2,1-3H3,(H2,17,21,22)(H2,18,19,20);1H. The minimum absolute atomic E-state index is 0. The van der Waals surface area contributed by atoms with Gasteiger partial charge in [-0.3, -0.25) is 4.99 Å². The highest BCUT2D eigenvalue weighted by Crippen LogP contribution is 2.08. The van der Waals surface area contributed by atoms with Gasteiger partial charge in [0.15, 0.2) is 5.96 Å². The van der Waals surface area contributed by atoms with Crippen LogP contribution in [0.1, 0.15) is 25.8 Å². The lowest BCUT2D eigenvalue weighted by Crippen LogP contribution is -2.38. The molecule has 0 aliphatic rings. The minimum atomic E-state index is -3.65. The lowest BCUT2D eigenvalue weighted by Gasteiger charge is -2.12. The van der Waals surface area contributed by atoms with E-state index >= 15 is 0 Å². The number of nitrogens with two attached hydrogens (primary N) is 1. The molecular formula is C16H29IN4O3S. The molecule has 0 amide bonds. The molecule has 0 fully saturated rings. The third-order valence-corrected chi connectivity index (χ3v) is 4.24. The second-order valence-corrected chi connectivity index (χ2v) is 7.40. The van der Waals surface area contributed by atoms with E-state index in [0.29, 0.717) is 31.6 Å². The highest BCUT2D eigenvalue weighted by atomic mass is 127. The number of benzene rings is 1.